The molecule has 0 amide bonds. The molecule has 0 bridgehead atoms. The van der Waals surface area contributed by atoms with Crippen LogP contribution < -0.4 is 5.32 Å². The lowest BCUT2D eigenvalue weighted by atomic mass is 9.77. The van der Waals surface area contributed by atoms with Crippen LogP contribution in [-0.4, -0.2) is 36.2 Å². The smallest absolute Gasteiger partial charge is 0.323 e. The fourth-order valence-electron chi connectivity index (χ4n) is 2.23. The second kappa shape index (κ2) is 6.00. The van der Waals surface area contributed by atoms with Crippen LogP contribution in [0.5, 0.6) is 0 Å². The van der Waals surface area contributed by atoms with Gasteiger partial charge in [-0.3, -0.25) is 9.59 Å². The summed E-state index contributed by atoms with van der Waals surface area (Å²) in [7, 11) is 1.33. The molecule has 2 N–H and O–H groups in total. The molecule has 1 aliphatic carbocycles. The SMILES string of the molecule is COC(=O)CCNC1(C(=O)O)CCC(C)CC1. The molecule has 0 atom stereocenters. The molecule has 0 radical (unpaired) electrons. The summed E-state index contributed by atoms with van der Waals surface area (Å²) in [5, 5.41) is 12.3. The molecule has 0 saturated heterocycles. The molecular formula is C12H21NO4. The highest BCUT2D eigenvalue weighted by molar-refractivity contribution is 5.79. The maximum absolute atomic E-state index is 11.3. The summed E-state index contributed by atoms with van der Waals surface area (Å²) in [6.45, 7) is 2.49. The van der Waals surface area contributed by atoms with Crippen molar-refractivity contribution in [3.05, 3.63) is 0 Å². The predicted molar refractivity (Wildman–Crippen MR) is 62.6 cm³/mol. The Morgan fingerprint density at radius 2 is 2.00 bits per heavy atom. The molecule has 0 aromatic heterocycles. The number of carbonyl (C=O) groups is 2. The van der Waals surface area contributed by atoms with Crippen molar-refractivity contribution in [2.75, 3.05) is 13.7 Å². The summed E-state index contributed by atoms with van der Waals surface area (Å²) in [6, 6.07) is 0. The van der Waals surface area contributed by atoms with Crippen LogP contribution in [0.2, 0.25) is 0 Å². The first-order valence-electron chi connectivity index (χ1n) is 6.05. The third-order valence-electron chi connectivity index (χ3n) is 3.56. The van der Waals surface area contributed by atoms with Gasteiger partial charge < -0.3 is 15.2 Å². The standard InChI is InChI=1S/C12H21NO4/c1-9-3-6-12(7-4-9,11(15)16)13-8-5-10(14)17-2/h9,13H,3-8H2,1-2H3,(H,15,16). The van der Waals surface area contributed by atoms with E-state index in [0.717, 1.165) is 12.8 Å². The molecule has 0 heterocycles. The molecule has 1 saturated carbocycles. The number of carbonyl (C=O) groups excluding carboxylic acids is 1. The van der Waals surface area contributed by atoms with Crippen molar-refractivity contribution in [3.63, 3.8) is 0 Å². The minimum atomic E-state index is -0.847. The van der Waals surface area contributed by atoms with Gasteiger partial charge in [0.15, 0.2) is 0 Å². The number of esters is 1. The van der Waals surface area contributed by atoms with Gasteiger partial charge >= 0.3 is 11.9 Å². The van der Waals surface area contributed by atoms with Crippen LogP contribution in [0.15, 0.2) is 0 Å². The van der Waals surface area contributed by atoms with Crippen LogP contribution in [0.3, 0.4) is 0 Å². The van der Waals surface area contributed by atoms with Gasteiger partial charge in [-0.15, -0.1) is 0 Å². The van der Waals surface area contributed by atoms with Gasteiger partial charge in [-0.1, -0.05) is 6.92 Å². The van der Waals surface area contributed by atoms with E-state index >= 15 is 0 Å². The first-order chi connectivity index (χ1) is 8.00. The zero-order chi connectivity index (χ0) is 12.9. The average molecular weight is 243 g/mol. The fraction of sp³-hybridized carbons (Fsp3) is 0.833. The van der Waals surface area contributed by atoms with Crippen molar-refractivity contribution in [2.45, 2.75) is 44.6 Å². The molecule has 98 valence electrons. The number of rotatable bonds is 5. The van der Waals surface area contributed by atoms with E-state index in [0.29, 0.717) is 25.3 Å². The maximum Gasteiger partial charge on any atom is 0.323 e. The monoisotopic (exact) mass is 243 g/mol. The summed E-state index contributed by atoms with van der Waals surface area (Å²) >= 11 is 0. The summed E-state index contributed by atoms with van der Waals surface area (Å²) in [5.74, 6) is -0.540. The molecule has 1 aliphatic rings. The van der Waals surface area contributed by atoms with Crippen LogP contribution in [-0.2, 0) is 14.3 Å². The molecule has 1 rings (SSSR count). The summed E-state index contributed by atoms with van der Waals surface area (Å²) < 4.78 is 4.52. The van der Waals surface area contributed by atoms with E-state index in [1.54, 1.807) is 0 Å². The minimum Gasteiger partial charge on any atom is -0.480 e. The average Bonchev–Trinajstić information content (AvgIpc) is 2.31. The summed E-state index contributed by atoms with van der Waals surface area (Å²) in [6.07, 6.45) is 3.30. The Hall–Kier alpha value is -1.10. The van der Waals surface area contributed by atoms with Crippen LogP contribution in [0.25, 0.3) is 0 Å². The number of carboxylic acid groups (broad SMARTS) is 1. The van der Waals surface area contributed by atoms with E-state index in [4.69, 9.17) is 0 Å². The van der Waals surface area contributed by atoms with Gasteiger partial charge in [0.25, 0.3) is 0 Å². The topological polar surface area (TPSA) is 75.6 Å². The van der Waals surface area contributed by atoms with Gasteiger partial charge in [0, 0.05) is 6.54 Å². The Bertz CT molecular complexity index is 282. The van der Waals surface area contributed by atoms with Crippen molar-refractivity contribution in [3.8, 4) is 0 Å². The number of hydrogen-bond acceptors (Lipinski definition) is 4. The molecule has 0 spiro atoms. The zero-order valence-corrected chi connectivity index (χ0v) is 10.5. The first-order valence-corrected chi connectivity index (χ1v) is 6.05. The van der Waals surface area contributed by atoms with Gasteiger partial charge in [-0.2, -0.15) is 0 Å². The molecule has 1 fully saturated rings. The van der Waals surface area contributed by atoms with Crippen LogP contribution >= 0.6 is 0 Å². The molecule has 5 nitrogen and oxygen atoms in total. The molecular weight excluding hydrogens is 222 g/mol. The number of carboxylic acids is 1. The number of nitrogens with one attached hydrogen (secondary N) is 1. The first kappa shape index (κ1) is 14.0. The largest absolute Gasteiger partial charge is 0.480 e. The van der Waals surface area contributed by atoms with Crippen LogP contribution in [0.1, 0.15) is 39.0 Å². The Morgan fingerprint density at radius 3 is 2.47 bits per heavy atom. The molecule has 0 aromatic carbocycles. The quantitative estimate of drug-likeness (QED) is 0.709. The van der Waals surface area contributed by atoms with E-state index in [-0.39, 0.29) is 12.4 Å². The predicted octanol–water partition coefficient (Wildman–Crippen LogP) is 1.17. The van der Waals surface area contributed by atoms with Crippen molar-refractivity contribution < 1.29 is 19.4 Å². The zero-order valence-electron chi connectivity index (χ0n) is 10.5. The third-order valence-corrected chi connectivity index (χ3v) is 3.56. The highest BCUT2D eigenvalue weighted by Crippen LogP contribution is 2.32. The lowest BCUT2D eigenvalue weighted by Gasteiger charge is -2.36. The van der Waals surface area contributed by atoms with Crippen molar-refractivity contribution in [1.29, 1.82) is 0 Å². The van der Waals surface area contributed by atoms with Crippen LogP contribution in [0, 0.1) is 5.92 Å². The number of methoxy groups -OCH3 is 1. The van der Waals surface area contributed by atoms with Gasteiger partial charge in [-0.05, 0) is 31.6 Å². The maximum atomic E-state index is 11.3. The number of aliphatic carboxylic acids is 1. The normalized spacial score (nSPS) is 28.7. The second-order valence-corrected chi connectivity index (χ2v) is 4.82. The van der Waals surface area contributed by atoms with Gasteiger partial charge in [-0.25, -0.2) is 0 Å². The molecule has 0 unspecified atom stereocenters. The van der Waals surface area contributed by atoms with Crippen LogP contribution in [0.4, 0.5) is 0 Å². The van der Waals surface area contributed by atoms with Crippen molar-refractivity contribution in [1.82, 2.24) is 5.32 Å². The minimum absolute atomic E-state index is 0.209. The number of hydrogen-bond donors (Lipinski definition) is 2. The van der Waals surface area contributed by atoms with E-state index in [9.17, 15) is 14.7 Å². The van der Waals surface area contributed by atoms with Crippen molar-refractivity contribution in [2.24, 2.45) is 5.92 Å². The van der Waals surface area contributed by atoms with Gasteiger partial charge in [0.1, 0.15) is 5.54 Å². The summed E-state index contributed by atoms with van der Waals surface area (Å²) in [4.78, 5) is 22.3. The summed E-state index contributed by atoms with van der Waals surface area (Å²) in [5.41, 5.74) is -0.847. The lowest BCUT2D eigenvalue weighted by Crippen LogP contribution is -2.54. The number of ether oxygens (including phenoxy) is 1. The Kier molecular flexibility index (Phi) is 4.93. The third kappa shape index (κ3) is 3.70. The van der Waals surface area contributed by atoms with Crippen molar-refractivity contribution >= 4 is 11.9 Å². The highest BCUT2D eigenvalue weighted by atomic mass is 16.5. The van der Waals surface area contributed by atoms with E-state index in [1.165, 1.54) is 7.11 Å². The van der Waals surface area contributed by atoms with E-state index in [1.807, 2.05) is 0 Å². The molecule has 5 heteroatoms. The van der Waals surface area contributed by atoms with E-state index < -0.39 is 11.5 Å². The second-order valence-electron chi connectivity index (χ2n) is 4.82. The van der Waals surface area contributed by atoms with E-state index in [2.05, 4.69) is 17.0 Å². The Balaban J connectivity index is 2.49. The molecule has 0 aromatic rings. The Morgan fingerprint density at radius 1 is 1.41 bits per heavy atom. The highest BCUT2D eigenvalue weighted by Gasteiger charge is 2.40. The van der Waals surface area contributed by atoms with Gasteiger partial charge in [0.2, 0.25) is 0 Å². The lowest BCUT2D eigenvalue weighted by molar-refractivity contribution is -0.148. The molecule has 17 heavy (non-hydrogen) atoms. The fourth-order valence-corrected chi connectivity index (χ4v) is 2.23. The molecule has 0 aliphatic heterocycles. The Labute approximate surface area is 102 Å². The van der Waals surface area contributed by atoms with Gasteiger partial charge in [0.05, 0.1) is 13.5 Å².